The molecule has 0 heterocycles. The van der Waals surface area contributed by atoms with Crippen LogP contribution in [0, 0.1) is 0 Å². The minimum absolute atomic E-state index is 0.447. The number of hydrogen-bond acceptors (Lipinski definition) is 2. The first-order valence-electron chi connectivity index (χ1n) is 6.76. The first-order valence-corrected chi connectivity index (χ1v) is 6.76. The molecule has 0 bridgehead atoms. The molecule has 20 heteroatoms. The molecule has 0 aromatic heterocycles. The highest BCUT2D eigenvalue weighted by Gasteiger charge is 2.95. The third kappa shape index (κ3) is 3.78. The Hall–Kier alpha value is -1.92. The average molecular weight is 507 g/mol. The summed E-state index contributed by atoms with van der Waals surface area (Å²) in [6.07, 6.45) is -14.2. The maximum absolute atomic E-state index is 13.4. The van der Waals surface area contributed by atoms with E-state index in [1.54, 1.807) is 0 Å². The van der Waals surface area contributed by atoms with Crippen molar-refractivity contribution in [2.45, 2.75) is 60.7 Å². The van der Waals surface area contributed by atoms with Crippen molar-refractivity contribution in [3.05, 3.63) is 0 Å². The molecule has 0 saturated carbocycles. The maximum atomic E-state index is 13.4. The van der Waals surface area contributed by atoms with Crippen LogP contribution >= 0.6 is 0 Å². The zero-order chi connectivity index (χ0) is 25.9. The number of ether oxygens (including phenoxy) is 1. The SMILES string of the molecule is CC(OC(N)=O)C(F)(F)C(F)(F)C(F)(F)C(F)(F)C(F)(F)C(F)(F)C(F)(F)C(F)(F)F. The Kier molecular flexibility index (Phi) is 6.86. The van der Waals surface area contributed by atoms with Crippen LogP contribution in [0.1, 0.15) is 6.92 Å². The molecule has 2 N–H and O–H groups in total. The van der Waals surface area contributed by atoms with E-state index in [2.05, 4.69) is 10.5 Å². The zero-order valence-corrected chi connectivity index (χ0v) is 13.9. The third-order valence-electron chi connectivity index (χ3n) is 3.55. The van der Waals surface area contributed by atoms with Gasteiger partial charge in [-0.3, -0.25) is 0 Å². The molecule has 0 spiro atoms. The van der Waals surface area contributed by atoms with E-state index in [1.165, 1.54) is 0 Å². The molecule has 3 nitrogen and oxygen atoms in total. The van der Waals surface area contributed by atoms with Gasteiger partial charge >= 0.3 is 53.7 Å². The van der Waals surface area contributed by atoms with E-state index in [1.807, 2.05) is 0 Å². The van der Waals surface area contributed by atoms with Crippen LogP contribution in [0.4, 0.5) is 79.4 Å². The maximum Gasteiger partial charge on any atom is 0.460 e. The molecule has 31 heavy (non-hydrogen) atoms. The molecule has 0 saturated heterocycles. The Bertz CT molecular complexity index is 682. The Morgan fingerprint density at radius 2 is 0.839 bits per heavy atom. The number of nitrogens with two attached hydrogens (primary N) is 1. The summed E-state index contributed by atoms with van der Waals surface area (Å²) in [5, 5.41) is 0. The van der Waals surface area contributed by atoms with Crippen LogP contribution in [0.25, 0.3) is 0 Å². The number of hydrogen-bond donors (Lipinski definition) is 1. The average Bonchev–Trinajstić information content (AvgIpc) is 2.51. The highest BCUT2D eigenvalue weighted by molar-refractivity contribution is 5.64. The zero-order valence-electron chi connectivity index (χ0n) is 13.9. The van der Waals surface area contributed by atoms with E-state index in [9.17, 15) is 79.4 Å². The molecular formula is C11H6F17NO2. The second-order valence-electron chi connectivity index (χ2n) is 5.65. The van der Waals surface area contributed by atoms with E-state index >= 15 is 0 Å². The predicted octanol–water partition coefficient (Wildman–Crippen LogP) is 5.48. The van der Waals surface area contributed by atoms with Crippen molar-refractivity contribution in [2.24, 2.45) is 5.73 Å². The fourth-order valence-corrected chi connectivity index (χ4v) is 1.68. The Balaban J connectivity index is 6.73. The van der Waals surface area contributed by atoms with Crippen molar-refractivity contribution in [1.29, 1.82) is 0 Å². The smallest absolute Gasteiger partial charge is 0.440 e. The van der Waals surface area contributed by atoms with Crippen LogP contribution in [0.5, 0.6) is 0 Å². The Morgan fingerprint density at radius 3 is 1.10 bits per heavy atom. The van der Waals surface area contributed by atoms with Gasteiger partial charge in [-0.25, -0.2) is 4.79 Å². The Morgan fingerprint density at radius 1 is 0.581 bits per heavy atom. The van der Waals surface area contributed by atoms with Crippen molar-refractivity contribution < 1.29 is 84.2 Å². The summed E-state index contributed by atoms with van der Waals surface area (Å²) in [6, 6.07) is 0. The number of carbonyl (C=O) groups is 1. The van der Waals surface area contributed by atoms with Gasteiger partial charge in [0.05, 0.1) is 0 Å². The predicted molar refractivity (Wildman–Crippen MR) is 60.8 cm³/mol. The van der Waals surface area contributed by atoms with Gasteiger partial charge < -0.3 is 10.5 Å². The summed E-state index contributed by atoms with van der Waals surface area (Å²) in [5.41, 5.74) is 4.06. The van der Waals surface area contributed by atoms with E-state index < -0.39 is 66.8 Å². The van der Waals surface area contributed by atoms with E-state index in [-0.39, 0.29) is 0 Å². The van der Waals surface area contributed by atoms with Gasteiger partial charge in [-0.1, -0.05) is 0 Å². The highest BCUT2D eigenvalue weighted by atomic mass is 19.4. The molecular weight excluding hydrogens is 501 g/mol. The quantitative estimate of drug-likeness (QED) is 0.443. The monoisotopic (exact) mass is 507 g/mol. The van der Waals surface area contributed by atoms with Crippen molar-refractivity contribution in [2.75, 3.05) is 0 Å². The number of alkyl halides is 17. The lowest BCUT2D eigenvalue weighted by molar-refractivity contribution is -0.463. The van der Waals surface area contributed by atoms with Crippen LogP contribution in [-0.2, 0) is 4.74 Å². The minimum Gasteiger partial charge on any atom is -0.440 e. The summed E-state index contributed by atoms with van der Waals surface area (Å²) in [6.45, 7) is -0.447. The van der Waals surface area contributed by atoms with Crippen LogP contribution in [0.15, 0.2) is 0 Å². The van der Waals surface area contributed by atoms with Crippen LogP contribution in [-0.4, -0.2) is 59.8 Å². The van der Waals surface area contributed by atoms with Gasteiger partial charge in [0.15, 0.2) is 6.10 Å². The van der Waals surface area contributed by atoms with Gasteiger partial charge in [-0.05, 0) is 6.92 Å². The van der Waals surface area contributed by atoms with Crippen LogP contribution in [0.3, 0.4) is 0 Å². The van der Waals surface area contributed by atoms with Gasteiger partial charge in [0.25, 0.3) is 0 Å². The molecule has 1 amide bonds. The molecule has 0 aliphatic carbocycles. The summed E-state index contributed by atoms with van der Waals surface area (Å²) in [4.78, 5) is 10.2. The van der Waals surface area contributed by atoms with E-state index in [0.29, 0.717) is 0 Å². The summed E-state index contributed by atoms with van der Waals surface area (Å²) in [7, 11) is 0. The first-order chi connectivity index (χ1) is 13.1. The molecule has 0 aliphatic rings. The minimum atomic E-state index is -8.71. The third-order valence-corrected chi connectivity index (χ3v) is 3.55. The number of rotatable bonds is 8. The van der Waals surface area contributed by atoms with Crippen molar-refractivity contribution in [3.8, 4) is 0 Å². The Labute approximate surface area is 158 Å². The fourth-order valence-electron chi connectivity index (χ4n) is 1.68. The molecule has 0 aliphatic heterocycles. The largest absolute Gasteiger partial charge is 0.460 e. The van der Waals surface area contributed by atoms with E-state index in [4.69, 9.17) is 0 Å². The summed E-state index contributed by atoms with van der Waals surface area (Å²) < 4.78 is 223. The summed E-state index contributed by atoms with van der Waals surface area (Å²) >= 11 is 0. The molecule has 0 aromatic rings. The molecule has 0 aromatic carbocycles. The topological polar surface area (TPSA) is 52.3 Å². The van der Waals surface area contributed by atoms with Crippen molar-refractivity contribution in [1.82, 2.24) is 0 Å². The molecule has 1 atom stereocenters. The van der Waals surface area contributed by atoms with Crippen molar-refractivity contribution >= 4 is 6.09 Å². The normalized spacial score (nSPS) is 16.8. The van der Waals surface area contributed by atoms with Gasteiger partial charge in [0.2, 0.25) is 0 Å². The molecule has 0 fully saturated rings. The van der Waals surface area contributed by atoms with Crippen molar-refractivity contribution in [3.63, 3.8) is 0 Å². The standard InChI is InChI=1S/C11H6F17NO2/c1-2(31-3(29)30)4(12,13)5(14,15)6(16,17)7(18,19)8(20,21)9(22,23)10(24,25)11(26,27)28/h2H,1H3,(H2,29,30). The number of carbonyl (C=O) groups excluding carboxylic acids is 1. The summed E-state index contributed by atoms with van der Waals surface area (Å²) in [5.74, 6) is -57.4. The number of amides is 1. The first kappa shape index (κ1) is 29.1. The van der Waals surface area contributed by atoms with Gasteiger partial charge in [-0.15, -0.1) is 0 Å². The van der Waals surface area contributed by atoms with Crippen LogP contribution < -0.4 is 5.73 Å². The molecule has 0 radical (unpaired) electrons. The fraction of sp³-hybridized carbons (Fsp3) is 0.909. The second kappa shape index (κ2) is 7.31. The number of halogens is 17. The highest BCUT2D eigenvalue weighted by Crippen LogP contribution is 2.64. The second-order valence-corrected chi connectivity index (χ2v) is 5.65. The lowest BCUT2D eigenvalue weighted by Crippen LogP contribution is -2.75. The molecule has 0 rings (SSSR count). The van der Waals surface area contributed by atoms with Gasteiger partial charge in [0, 0.05) is 0 Å². The number of primary amides is 1. The van der Waals surface area contributed by atoms with E-state index in [0.717, 1.165) is 0 Å². The molecule has 186 valence electrons. The van der Waals surface area contributed by atoms with Crippen LogP contribution in [0.2, 0.25) is 0 Å². The molecule has 1 unspecified atom stereocenters. The lowest BCUT2D eigenvalue weighted by Gasteiger charge is -2.43. The van der Waals surface area contributed by atoms with Gasteiger partial charge in [-0.2, -0.15) is 74.6 Å². The van der Waals surface area contributed by atoms with Gasteiger partial charge in [0.1, 0.15) is 0 Å². The lowest BCUT2D eigenvalue weighted by atomic mass is 9.88.